The normalized spacial score (nSPS) is 19.5. The second-order valence-electron chi connectivity index (χ2n) is 5.83. The van der Waals surface area contributed by atoms with E-state index in [2.05, 4.69) is 19.2 Å². The van der Waals surface area contributed by atoms with Gasteiger partial charge < -0.3 is 10.4 Å². The molecular weight excluding hydrogens is 214 g/mol. The van der Waals surface area contributed by atoms with Crippen LogP contribution in [0.5, 0.6) is 0 Å². The molecule has 1 unspecified atom stereocenters. The van der Waals surface area contributed by atoms with Crippen molar-refractivity contribution in [1.82, 2.24) is 5.32 Å². The fraction of sp³-hybridized carbons (Fsp3) is 0.929. The van der Waals surface area contributed by atoms with Crippen LogP contribution in [-0.2, 0) is 4.79 Å². The summed E-state index contributed by atoms with van der Waals surface area (Å²) in [7, 11) is 0. The third-order valence-corrected chi connectivity index (χ3v) is 3.65. The lowest BCUT2D eigenvalue weighted by Gasteiger charge is -2.23. The van der Waals surface area contributed by atoms with E-state index in [0.29, 0.717) is 12.5 Å². The third-order valence-electron chi connectivity index (χ3n) is 3.65. The highest BCUT2D eigenvalue weighted by Crippen LogP contribution is 2.22. The minimum Gasteiger partial charge on any atom is -0.481 e. The number of nitrogens with one attached hydrogen (secondary N) is 1. The molecule has 1 atom stereocenters. The van der Waals surface area contributed by atoms with Gasteiger partial charge >= 0.3 is 5.97 Å². The van der Waals surface area contributed by atoms with Gasteiger partial charge in [0.05, 0.1) is 5.92 Å². The Balaban J connectivity index is 2.19. The van der Waals surface area contributed by atoms with Crippen molar-refractivity contribution in [2.45, 2.75) is 52.4 Å². The molecular formula is C14H27NO2. The van der Waals surface area contributed by atoms with Gasteiger partial charge in [-0.2, -0.15) is 0 Å². The highest BCUT2D eigenvalue weighted by molar-refractivity contribution is 5.70. The van der Waals surface area contributed by atoms with Gasteiger partial charge in [-0.05, 0) is 37.6 Å². The third kappa shape index (κ3) is 6.06. The predicted octanol–water partition coefficient (Wildman–Crippen LogP) is 2.90. The summed E-state index contributed by atoms with van der Waals surface area (Å²) in [6, 6.07) is 0. The lowest BCUT2D eigenvalue weighted by molar-refractivity contribution is -0.142. The Morgan fingerprint density at radius 2 is 1.94 bits per heavy atom. The molecule has 2 N–H and O–H groups in total. The SMILES string of the molecule is CC(C)CC(CNCC1CCCCC1)C(=O)O. The summed E-state index contributed by atoms with van der Waals surface area (Å²) in [6.07, 6.45) is 7.47. The van der Waals surface area contributed by atoms with Gasteiger partial charge in [-0.3, -0.25) is 4.79 Å². The van der Waals surface area contributed by atoms with E-state index >= 15 is 0 Å². The minimum absolute atomic E-state index is 0.224. The van der Waals surface area contributed by atoms with Crippen molar-refractivity contribution in [2.24, 2.45) is 17.8 Å². The molecule has 1 fully saturated rings. The Morgan fingerprint density at radius 1 is 1.29 bits per heavy atom. The van der Waals surface area contributed by atoms with E-state index in [-0.39, 0.29) is 5.92 Å². The summed E-state index contributed by atoms with van der Waals surface area (Å²) in [4.78, 5) is 11.1. The predicted molar refractivity (Wildman–Crippen MR) is 70.0 cm³/mol. The first kappa shape index (κ1) is 14.5. The van der Waals surface area contributed by atoms with Gasteiger partial charge in [0.1, 0.15) is 0 Å². The molecule has 0 spiro atoms. The molecule has 3 heteroatoms. The van der Waals surface area contributed by atoms with Crippen molar-refractivity contribution < 1.29 is 9.90 Å². The zero-order valence-electron chi connectivity index (χ0n) is 11.2. The van der Waals surface area contributed by atoms with Crippen LogP contribution in [0.15, 0.2) is 0 Å². The first-order valence-electron chi connectivity index (χ1n) is 7.03. The number of aliphatic carboxylic acids is 1. The summed E-state index contributed by atoms with van der Waals surface area (Å²) in [5.41, 5.74) is 0. The smallest absolute Gasteiger partial charge is 0.307 e. The largest absolute Gasteiger partial charge is 0.481 e. The van der Waals surface area contributed by atoms with Crippen molar-refractivity contribution in [3.05, 3.63) is 0 Å². The zero-order valence-corrected chi connectivity index (χ0v) is 11.2. The van der Waals surface area contributed by atoms with Gasteiger partial charge in [0, 0.05) is 6.54 Å². The van der Waals surface area contributed by atoms with Crippen molar-refractivity contribution in [2.75, 3.05) is 13.1 Å². The molecule has 0 aliphatic heterocycles. The second-order valence-corrected chi connectivity index (χ2v) is 5.83. The van der Waals surface area contributed by atoms with Crippen LogP contribution >= 0.6 is 0 Å². The Labute approximate surface area is 105 Å². The highest BCUT2D eigenvalue weighted by atomic mass is 16.4. The van der Waals surface area contributed by atoms with Crippen LogP contribution in [0.4, 0.5) is 0 Å². The molecule has 0 heterocycles. The Kier molecular flexibility index (Phi) is 6.56. The molecule has 17 heavy (non-hydrogen) atoms. The van der Waals surface area contributed by atoms with Gasteiger partial charge in [-0.15, -0.1) is 0 Å². The standard InChI is InChI=1S/C14H27NO2/c1-11(2)8-13(14(16)17)10-15-9-12-6-4-3-5-7-12/h11-13,15H,3-10H2,1-2H3,(H,16,17). The summed E-state index contributed by atoms with van der Waals surface area (Å²) in [6.45, 7) is 5.79. The van der Waals surface area contributed by atoms with Gasteiger partial charge in [-0.25, -0.2) is 0 Å². The molecule has 1 aliphatic rings. The lowest BCUT2D eigenvalue weighted by atomic mass is 9.89. The maximum Gasteiger partial charge on any atom is 0.307 e. The van der Waals surface area contributed by atoms with Crippen LogP contribution in [-0.4, -0.2) is 24.2 Å². The molecule has 0 aromatic heterocycles. The lowest BCUT2D eigenvalue weighted by Crippen LogP contribution is -2.33. The summed E-state index contributed by atoms with van der Waals surface area (Å²) < 4.78 is 0. The molecule has 1 aliphatic carbocycles. The molecule has 0 aromatic rings. The van der Waals surface area contributed by atoms with E-state index in [4.69, 9.17) is 5.11 Å². The minimum atomic E-state index is -0.658. The van der Waals surface area contributed by atoms with Crippen LogP contribution in [0.3, 0.4) is 0 Å². The molecule has 0 radical (unpaired) electrons. The summed E-state index contributed by atoms with van der Waals surface area (Å²) >= 11 is 0. The topological polar surface area (TPSA) is 49.3 Å². The maximum atomic E-state index is 11.1. The van der Waals surface area contributed by atoms with Crippen LogP contribution < -0.4 is 5.32 Å². The van der Waals surface area contributed by atoms with Crippen LogP contribution in [0.25, 0.3) is 0 Å². The average Bonchev–Trinajstić information content (AvgIpc) is 2.28. The van der Waals surface area contributed by atoms with E-state index in [1.54, 1.807) is 0 Å². The maximum absolute atomic E-state index is 11.1. The van der Waals surface area contributed by atoms with Crippen molar-refractivity contribution >= 4 is 5.97 Å². The second kappa shape index (κ2) is 7.70. The number of carbonyl (C=O) groups is 1. The molecule has 0 aromatic carbocycles. The molecule has 3 nitrogen and oxygen atoms in total. The number of hydrogen-bond donors (Lipinski definition) is 2. The Bertz CT molecular complexity index is 222. The van der Waals surface area contributed by atoms with E-state index in [1.165, 1.54) is 32.1 Å². The number of hydrogen-bond acceptors (Lipinski definition) is 2. The number of carboxylic acids is 1. The molecule has 0 amide bonds. The van der Waals surface area contributed by atoms with E-state index in [0.717, 1.165) is 18.9 Å². The number of carboxylic acid groups (broad SMARTS) is 1. The van der Waals surface area contributed by atoms with Crippen molar-refractivity contribution in [3.8, 4) is 0 Å². The van der Waals surface area contributed by atoms with Gasteiger partial charge in [0.15, 0.2) is 0 Å². The Hall–Kier alpha value is -0.570. The molecule has 100 valence electrons. The van der Waals surface area contributed by atoms with Crippen LogP contribution in [0.2, 0.25) is 0 Å². The van der Waals surface area contributed by atoms with Gasteiger partial charge in [0.2, 0.25) is 0 Å². The summed E-state index contributed by atoms with van der Waals surface area (Å²) in [5.74, 6) is 0.346. The average molecular weight is 241 g/mol. The quantitative estimate of drug-likeness (QED) is 0.720. The van der Waals surface area contributed by atoms with Gasteiger partial charge in [-0.1, -0.05) is 33.1 Å². The van der Waals surface area contributed by atoms with E-state index < -0.39 is 5.97 Å². The van der Waals surface area contributed by atoms with Gasteiger partial charge in [0.25, 0.3) is 0 Å². The van der Waals surface area contributed by atoms with E-state index in [9.17, 15) is 4.79 Å². The van der Waals surface area contributed by atoms with E-state index in [1.807, 2.05) is 0 Å². The fourth-order valence-corrected chi connectivity index (χ4v) is 2.69. The first-order chi connectivity index (χ1) is 8.09. The zero-order chi connectivity index (χ0) is 12.7. The fourth-order valence-electron chi connectivity index (χ4n) is 2.69. The van der Waals surface area contributed by atoms with Crippen molar-refractivity contribution in [3.63, 3.8) is 0 Å². The summed E-state index contributed by atoms with van der Waals surface area (Å²) in [5, 5.41) is 12.5. The Morgan fingerprint density at radius 3 is 2.47 bits per heavy atom. The number of rotatable bonds is 7. The first-order valence-corrected chi connectivity index (χ1v) is 7.03. The molecule has 1 rings (SSSR count). The van der Waals surface area contributed by atoms with Crippen molar-refractivity contribution in [1.29, 1.82) is 0 Å². The molecule has 0 saturated heterocycles. The highest BCUT2D eigenvalue weighted by Gasteiger charge is 2.19. The van der Waals surface area contributed by atoms with Crippen LogP contribution in [0.1, 0.15) is 52.4 Å². The monoisotopic (exact) mass is 241 g/mol. The van der Waals surface area contributed by atoms with Crippen LogP contribution in [0, 0.1) is 17.8 Å². The molecule has 1 saturated carbocycles. The molecule has 0 bridgehead atoms.